The van der Waals surface area contributed by atoms with Crippen molar-refractivity contribution in [1.82, 2.24) is 9.58 Å². The van der Waals surface area contributed by atoms with Gasteiger partial charge in [-0.2, -0.15) is 0 Å². The van der Waals surface area contributed by atoms with Gasteiger partial charge in [0.2, 0.25) is 0 Å². The molecule has 0 saturated carbocycles. The van der Waals surface area contributed by atoms with E-state index in [1.807, 2.05) is 5.01 Å². The Morgan fingerprint density at radius 3 is 2.26 bits per heavy atom. The minimum Gasteiger partial charge on any atom is -0.375 e. The van der Waals surface area contributed by atoms with Crippen molar-refractivity contribution in [3.05, 3.63) is 106 Å². The van der Waals surface area contributed by atoms with Crippen LogP contribution in [-0.2, 0) is 4.74 Å². The normalized spacial score (nSPS) is 18.2. The van der Waals surface area contributed by atoms with Crippen LogP contribution >= 0.6 is 0 Å². The average molecular weight is 423 g/mol. The fourth-order valence-corrected chi connectivity index (χ4v) is 4.32. The van der Waals surface area contributed by atoms with Crippen LogP contribution in [0.25, 0.3) is 0 Å². The van der Waals surface area contributed by atoms with Crippen LogP contribution in [0, 0.1) is 11.6 Å². The van der Waals surface area contributed by atoms with Gasteiger partial charge in [-0.3, -0.25) is 19.3 Å². The van der Waals surface area contributed by atoms with E-state index in [2.05, 4.69) is 0 Å². The van der Waals surface area contributed by atoms with Crippen LogP contribution < -0.4 is 10.4 Å². The molecule has 0 N–H and O–H groups in total. The van der Waals surface area contributed by atoms with Gasteiger partial charge in [-0.1, -0.05) is 24.3 Å². The predicted molar refractivity (Wildman–Crippen MR) is 109 cm³/mol. The molecule has 0 radical (unpaired) electrons. The first-order chi connectivity index (χ1) is 15.0. The Morgan fingerprint density at radius 2 is 1.61 bits per heavy atom. The lowest BCUT2D eigenvalue weighted by Crippen LogP contribution is -2.66. The van der Waals surface area contributed by atoms with Gasteiger partial charge in [0.15, 0.2) is 5.43 Å². The molecule has 0 spiro atoms. The number of benzene rings is 2. The molecule has 158 valence electrons. The molecule has 1 aromatic heterocycles. The largest absolute Gasteiger partial charge is 0.375 e. The number of ether oxygens (including phenoxy) is 1. The number of amides is 1. The Balaban J connectivity index is 1.77. The zero-order chi connectivity index (χ0) is 21.5. The Bertz CT molecular complexity index is 1170. The van der Waals surface area contributed by atoms with Gasteiger partial charge in [-0.15, -0.1) is 0 Å². The lowest BCUT2D eigenvalue weighted by molar-refractivity contribution is -0.0193. The molecule has 0 aliphatic carbocycles. The lowest BCUT2D eigenvalue weighted by Gasteiger charge is -2.51. The summed E-state index contributed by atoms with van der Waals surface area (Å²) in [5.74, 6) is -1.13. The fraction of sp³-hybridized carbons (Fsp3) is 0.217. The fourth-order valence-electron chi connectivity index (χ4n) is 4.32. The van der Waals surface area contributed by atoms with Gasteiger partial charge in [-0.25, -0.2) is 8.78 Å². The minimum absolute atomic E-state index is 0.198. The lowest BCUT2D eigenvalue weighted by atomic mass is 9.96. The topological polar surface area (TPSA) is 54.8 Å². The number of morpholine rings is 1. The van der Waals surface area contributed by atoms with Crippen LogP contribution in [0.4, 0.5) is 8.78 Å². The van der Waals surface area contributed by atoms with E-state index >= 15 is 0 Å². The standard InChI is InChI=1S/C23H19F2N3O3/c24-17-5-1-3-15(11-17)22(16-4-2-6-18(25)12-16)28-21-14-31-10-9-26(21)23(30)20-13-19(29)7-8-27(20)28/h1-8,11-13,21-22H,9-10,14H2/t21-/m1/s1. The van der Waals surface area contributed by atoms with Gasteiger partial charge in [0.05, 0.1) is 19.3 Å². The third-order valence-electron chi connectivity index (χ3n) is 5.64. The third-order valence-corrected chi connectivity index (χ3v) is 5.64. The number of hydrogen-bond acceptors (Lipinski definition) is 4. The molecule has 8 heteroatoms. The van der Waals surface area contributed by atoms with Crippen molar-refractivity contribution in [3.63, 3.8) is 0 Å². The molecule has 2 aromatic carbocycles. The summed E-state index contributed by atoms with van der Waals surface area (Å²) in [7, 11) is 0. The highest BCUT2D eigenvalue weighted by molar-refractivity contribution is 5.94. The van der Waals surface area contributed by atoms with E-state index in [1.54, 1.807) is 33.8 Å². The molecule has 2 aliphatic rings. The highest BCUT2D eigenvalue weighted by Crippen LogP contribution is 2.34. The van der Waals surface area contributed by atoms with E-state index < -0.39 is 23.8 Å². The van der Waals surface area contributed by atoms with Crippen molar-refractivity contribution in [2.24, 2.45) is 0 Å². The summed E-state index contributed by atoms with van der Waals surface area (Å²) in [5.41, 5.74) is 1.06. The summed E-state index contributed by atoms with van der Waals surface area (Å²) < 4.78 is 35.7. The Hall–Kier alpha value is -3.52. The second-order valence-corrected chi connectivity index (χ2v) is 7.54. The van der Waals surface area contributed by atoms with Crippen LogP contribution in [0.15, 0.2) is 71.7 Å². The molecule has 1 atom stereocenters. The summed E-state index contributed by atoms with van der Waals surface area (Å²) in [5, 5.41) is 1.85. The third kappa shape index (κ3) is 3.38. The molecule has 1 fully saturated rings. The van der Waals surface area contributed by atoms with Crippen molar-refractivity contribution >= 4 is 5.91 Å². The van der Waals surface area contributed by atoms with Gasteiger partial charge < -0.3 is 9.64 Å². The number of hydrogen-bond donors (Lipinski definition) is 0. The molecule has 3 heterocycles. The zero-order valence-corrected chi connectivity index (χ0v) is 16.4. The number of pyridine rings is 1. The molecule has 1 amide bonds. The summed E-state index contributed by atoms with van der Waals surface area (Å²) in [4.78, 5) is 26.8. The molecular formula is C23H19F2N3O3. The van der Waals surface area contributed by atoms with Gasteiger partial charge in [-0.05, 0) is 35.4 Å². The second kappa shape index (κ2) is 7.63. The minimum atomic E-state index is -0.644. The highest BCUT2D eigenvalue weighted by atomic mass is 19.1. The second-order valence-electron chi connectivity index (χ2n) is 7.54. The molecule has 2 aliphatic heterocycles. The van der Waals surface area contributed by atoms with Crippen molar-refractivity contribution < 1.29 is 18.3 Å². The molecule has 6 nitrogen and oxygen atoms in total. The van der Waals surface area contributed by atoms with E-state index in [9.17, 15) is 18.4 Å². The summed E-state index contributed by atoms with van der Waals surface area (Å²) >= 11 is 0. The quantitative estimate of drug-likeness (QED) is 0.650. The first-order valence-corrected chi connectivity index (χ1v) is 9.94. The highest BCUT2D eigenvalue weighted by Gasteiger charge is 2.43. The van der Waals surface area contributed by atoms with E-state index in [0.29, 0.717) is 24.3 Å². The molecule has 3 aromatic rings. The van der Waals surface area contributed by atoms with Crippen LogP contribution in [0.3, 0.4) is 0 Å². The van der Waals surface area contributed by atoms with Gasteiger partial charge in [0, 0.05) is 24.9 Å². The van der Waals surface area contributed by atoms with E-state index in [1.165, 1.54) is 42.6 Å². The van der Waals surface area contributed by atoms with Crippen molar-refractivity contribution in [3.8, 4) is 0 Å². The zero-order valence-electron chi connectivity index (χ0n) is 16.4. The molecule has 0 bridgehead atoms. The van der Waals surface area contributed by atoms with Crippen LogP contribution in [0.2, 0.25) is 0 Å². The van der Waals surface area contributed by atoms with Crippen molar-refractivity contribution in [1.29, 1.82) is 0 Å². The maximum atomic E-state index is 14.2. The van der Waals surface area contributed by atoms with Gasteiger partial charge in [0.25, 0.3) is 5.91 Å². The molecule has 31 heavy (non-hydrogen) atoms. The van der Waals surface area contributed by atoms with E-state index in [-0.39, 0.29) is 23.6 Å². The van der Waals surface area contributed by atoms with Gasteiger partial charge >= 0.3 is 0 Å². The monoisotopic (exact) mass is 423 g/mol. The first-order valence-electron chi connectivity index (χ1n) is 9.94. The SMILES string of the molecule is O=C1c2cc(=O)ccn2N(C(c2cccc(F)c2)c2cccc(F)c2)[C@@H]2COCCN12. The first kappa shape index (κ1) is 19.4. The number of aromatic nitrogens is 1. The molecular weight excluding hydrogens is 404 g/mol. The Kier molecular flexibility index (Phi) is 4.78. The average Bonchev–Trinajstić information content (AvgIpc) is 2.77. The summed E-state index contributed by atoms with van der Waals surface area (Å²) in [6, 6.07) is 14.2. The van der Waals surface area contributed by atoms with Crippen molar-refractivity contribution in [2.75, 3.05) is 24.8 Å². The number of fused-ring (bicyclic) bond motifs is 2. The van der Waals surface area contributed by atoms with Crippen LogP contribution in [0.1, 0.15) is 27.7 Å². The van der Waals surface area contributed by atoms with Crippen LogP contribution in [-0.4, -0.2) is 41.4 Å². The number of rotatable bonds is 3. The van der Waals surface area contributed by atoms with Crippen LogP contribution in [0.5, 0.6) is 0 Å². The number of carbonyl (C=O) groups is 1. The summed E-state index contributed by atoms with van der Waals surface area (Å²) in [6.45, 7) is 0.943. The maximum absolute atomic E-state index is 14.2. The Labute approximate surface area is 176 Å². The number of nitrogens with zero attached hydrogens (tertiary/aromatic N) is 3. The Morgan fingerprint density at radius 1 is 0.935 bits per heavy atom. The van der Waals surface area contributed by atoms with E-state index in [0.717, 1.165) is 0 Å². The molecule has 1 saturated heterocycles. The van der Waals surface area contributed by atoms with E-state index in [4.69, 9.17) is 4.74 Å². The maximum Gasteiger partial charge on any atom is 0.274 e. The molecule has 0 unspecified atom stereocenters. The number of halogens is 2. The smallest absolute Gasteiger partial charge is 0.274 e. The van der Waals surface area contributed by atoms with Crippen molar-refractivity contribution in [2.45, 2.75) is 12.2 Å². The van der Waals surface area contributed by atoms with Gasteiger partial charge in [0.1, 0.15) is 23.5 Å². The molecule has 5 rings (SSSR count). The predicted octanol–water partition coefficient (Wildman–Crippen LogP) is 2.67. The summed E-state index contributed by atoms with van der Waals surface area (Å²) in [6.07, 6.45) is 1.00. The number of carbonyl (C=O) groups excluding carboxylic acids is 1.